The predicted molar refractivity (Wildman–Crippen MR) is 301 cm³/mol. The van der Waals surface area contributed by atoms with Crippen molar-refractivity contribution >= 4 is 87.0 Å². The monoisotopic (exact) mass is 1110 g/mol. The molecular formula is C55H73N3O13S4. The highest BCUT2D eigenvalue weighted by Crippen LogP contribution is 2.59. The van der Waals surface area contributed by atoms with Gasteiger partial charge >= 0.3 is 17.9 Å². The Labute approximate surface area is 460 Å². The van der Waals surface area contributed by atoms with Crippen LogP contribution in [0.15, 0.2) is 112 Å². The number of nitrogens with zero attached hydrogens (tertiary/aromatic N) is 3. The molecule has 1 aliphatic heterocycles. The minimum absolute atomic E-state index is 0.0793. The van der Waals surface area contributed by atoms with E-state index >= 15 is 0 Å². The normalized spacial score (nSPS) is 13.7. The number of carbonyl (C=O) groups is 5. The summed E-state index contributed by atoms with van der Waals surface area (Å²) in [5.41, 5.74) is 0.419. The zero-order chi connectivity index (χ0) is 56.2. The maximum Gasteiger partial charge on any atom is 0.329 e. The largest absolute Gasteiger partial charge is 0.497 e. The van der Waals surface area contributed by atoms with Gasteiger partial charge in [-0.15, -0.1) is 23.5 Å². The van der Waals surface area contributed by atoms with E-state index in [-0.39, 0.29) is 30.6 Å². The summed E-state index contributed by atoms with van der Waals surface area (Å²) in [5, 5.41) is 19.3. The van der Waals surface area contributed by atoms with Crippen LogP contribution in [0.3, 0.4) is 0 Å². The Morgan fingerprint density at radius 1 is 0.747 bits per heavy atom. The van der Waals surface area contributed by atoms with Crippen LogP contribution < -0.4 is 18.9 Å². The van der Waals surface area contributed by atoms with Gasteiger partial charge in [-0.05, 0) is 110 Å². The number of methoxy groups -OCH3 is 4. The summed E-state index contributed by atoms with van der Waals surface area (Å²) in [6.45, 7) is 10.3. The molecule has 0 saturated carbocycles. The number of esters is 2. The second kappa shape index (κ2) is 33.4. The van der Waals surface area contributed by atoms with E-state index in [1.807, 2.05) is 108 Å². The van der Waals surface area contributed by atoms with Crippen molar-refractivity contribution < 1.29 is 62.3 Å². The van der Waals surface area contributed by atoms with Crippen LogP contribution in [0.4, 0.5) is 5.69 Å². The molecule has 1 fully saturated rings. The lowest BCUT2D eigenvalue weighted by Crippen LogP contribution is -2.49. The van der Waals surface area contributed by atoms with E-state index in [4.69, 9.17) is 45.5 Å². The SMILES string of the molecule is CC(=O)CCCCC(O)(COC(C)=O)C(=O)C(C)(C)C.CN=Nc1cccc(OC)c1.COc1cc(OC)cc(C(OC(C)=O)C2(c3ccccc3)SCCCS2)c1.COc1ccc(SC(=S)N(C)OC(C)=O)cc1. The summed E-state index contributed by atoms with van der Waals surface area (Å²) in [7, 11) is 9.72. The van der Waals surface area contributed by atoms with E-state index < -0.39 is 33.1 Å². The van der Waals surface area contributed by atoms with Crippen molar-refractivity contribution in [2.24, 2.45) is 15.6 Å². The molecule has 20 heteroatoms. The molecule has 0 aliphatic carbocycles. The van der Waals surface area contributed by atoms with Crippen LogP contribution in [0.25, 0.3) is 0 Å². The number of azo groups is 1. The van der Waals surface area contributed by atoms with Crippen molar-refractivity contribution in [1.82, 2.24) is 5.06 Å². The first-order valence-electron chi connectivity index (χ1n) is 23.8. The summed E-state index contributed by atoms with van der Waals surface area (Å²) in [5.74, 6) is 3.46. The molecule has 16 nitrogen and oxygen atoms in total. The number of thiocarbonyl (C=S) groups is 1. The first kappa shape index (κ1) is 65.4. The van der Waals surface area contributed by atoms with Crippen LogP contribution in [0.1, 0.15) is 97.8 Å². The summed E-state index contributed by atoms with van der Waals surface area (Å²) >= 11 is 10.1. The van der Waals surface area contributed by atoms with Crippen molar-refractivity contribution in [3.63, 3.8) is 0 Å². The Bertz CT molecular complexity index is 2440. The molecule has 4 aromatic carbocycles. The van der Waals surface area contributed by atoms with Gasteiger partial charge in [0.05, 0.1) is 34.1 Å². The van der Waals surface area contributed by atoms with Gasteiger partial charge in [0.1, 0.15) is 39.5 Å². The van der Waals surface area contributed by atoms with Gasteiger partial charge in [-0.1, -0.05) is 68.9 Å². The third kappa shape index (κ3) is 23.4. The van der Waals surface area contributed by atoms with Crippen molar-refractivity contribution in [3.8, 4) is 23.0 Å². The molecule has 1 heterocycles. The van der Waals surface area contributed by atoms with Crippen LogP contribution in [-0.2, 0) is 42.4 Å². The molecule has 0 spiro atoms. The molecular weight excluding hydrogens is 1040 g/mol. The second-order valence-electron chi connectivity index (χ2n) is 17.6. The number of rotatable bonds is 18. The quantitative estimate of drug-likeness (QED) is 0.0246. The van der Waals surface area contributed by atoms with E-state index in [0.717, 1.165) is 51.1 Å². The van der Waals surface area contributed by atoms with Crippen LogP contribution in [-0.4, -0.2) is 110 Å². The number of ketones is 2. The average molecular weight is 1110 g/mol. The van der Waals surface area contributed by atoms with Crippen LogP contribution in [0.2, 0.25) is 0 Å². The fourth-order valence-electron chi connectivity index (χ4n) is 6.99. The number of carbonyl (C=O) groups excluding carboxylic acids is 5. The van der Waals surface area contributed by atoms with Gasteiger partial charge in [0, 0.05) is 69.3 Å². The summed E-state index contributed by atoms with van der Waals surface area (Å²) in [6.07, 6.45) is 2.42. The highest BCUT2D eigenvalue weighted by atomic mass is 32.2. The van der Waals surface area contributed by atoms with Crippen molar-refractivity contribution in [1.29, 1.82) is 0 Å². The lowest BCUT2D eigenvalue weighted by atomic mass is 9.78. The van der Waals surface area contributed by atoms with E-state index in [0.29, 0.717) is 35.1 Å². The molecule has 1 aliphatic rings. The zero-order valence-corrected chi connectivity index (χ0v) is 48.6. The van der Waals surface area contributed by atoms with E-state index in [9.17, 15) is 29.1 Å². The van der Waals surface area contributed by atoms with Gasteiger partial charge in [-0.2, -0.15) is 15.3 Å². The van der Waals surface area contributed by atoms with E-state index in [1.165, 1.54) is 44.5 Å². The second-order valence-corrected chi connectivity index (χ2v) is 22.3. The molecule has 4 aromatic rings. The van der Waals surface area contributed by atoms with Crippen LogP contribution >= 0.6 is 47.5 Å². The molecule has 2 atom stereocenters. The van der Waals surface area contributed by atoms with Gasteiger partial charge < -0.3 is 43.2 Å². The fourth-order valence-corrected chi connectivity index (χ4v) is 11.4. The molecule has 1 N–H and O–H groups in total. The average Bonchev–Trinajstić information content (AvgIpc) is 3.39. The molecule has 0 amide bonds. The van der Waals surface area contributed by atoms with Gasteiger partial charge in [-0.25, -0.2) is 0 Å². The number of unbranched alkanes of at least 4 members (excludes halogenated alkanes) is 1. The minimum atomic E-state index is -1.68. The summed E-state index contributed by atoms with van der Waals surface area (Å²) in [6, 6.07) is 30.9. The number of thioether (sulfide) groups is 3. The molecule has 75 heavy (non-hydrogen) atoms. The number of benzene rings is 4. The van der Waals surface area contributed by atoms with Gasteiger partial charge in [-0.3, -0.25) is 19.2 Å². The number of hydrogen-bond donors (Lipinski definition) is 1. The third-order valence-electron chi connectivity index (χ3n) is 10.4. The van der Waals surface area contributed by atoms with Gasteiger partial charge in [0.15, 0.2) is 21.8 Å². The lowest BCUT2D eigenvalue weighted by molar-refractivity contribution is -0.165. The van der Waals surface area contributed by atoms with Crippen molar-refractivity contribution in [2.45, 2.75) is 101 Å². The number of aliphatic hydroxyl groups is 1. The minimum Gasteiger partial charge on any atom is -0.497 e. The van der Waals surface area contributed by atoms with Gasteiger partial charge in [0.2, 0.25) is 0 Å². The third-order valence-corrected chi connectivity index (χ3v) is 15.3. The molecule has 0 bridgehead atoms. The maximum absolute atomic E-state index is 12.3. The number of hydroxylamine groups is 2. The standard InChI is InChI=1S/C21H24O4S2.C15H26O5.C11H13NO3S2.C8H10N2O/c1-15(22)25-20(16-12-18(23-2)14-19(13-16)24-3)21(26-10-7-11-27-21)17-8-5-4-6-9-17;1-11(16)8-6-7-9-15(19,10-20-12(2)17)13(18)14(3,4)5;1-8(13)15-12(2)11(16)17-10-6-4-9(14-3)5-7-10;1-9-10-7-4-3-5-8(6-7)11-2/h4-6,8-9,12-14,20H,7,10-11H2,1-3H3;19H,6-10H2,1-5H3;4-7H,1-3H3;3-6H,1-2H3. The number of hydrogen-bond acceptors (Lipinski definition) is 19. The Kier molecular flexibility index (Phi) is 29.1. The number of Topliss-reactive ketones (excluding diaryl/α,β-unsaturated/α-hetero) is 2. The predicted octanol–water partition coefficient (Wildman–Crippen LogP) is 12.0. The Morgan fingerprint density at radius 3 is 1.83 bits per heavy atom. The molecule has 0 radical (unpaired) electrons. The van der Waals surface area contributed by atoms with E-state index in [2.05, 4.69) is 22.4 Å². The van der Waals surface area contributed by atoms with Crippen LogP contribution in [0.5, 0.6) is 23.0 Å². The topological polar surface area (TPSA) is 198 Å². The fraction of sp³-hybridized carbons (Fsp3) is 0.455. The summed E-state index contributed by atoms with van der Waals surface area (Å²) in [4.78, 5) is 62.7. The Hall–Kier alpha value is -5.67. The molecule has 2 unspecified atom stereocenters. The molecule has 410 valence electrons. The van der Waals surface area contributed by atoms with E-state index in [1.54, 1.807) is 63.3 Å². The summed E-state index contributed by atoms with van der Waals surface area (Å²) < 4.78 is 31.8. The molecule has 1 saturated heterocycles. The van der Waals surface area contributed by atoms with Crippen LogP contribution in [0, 0.1) is 5.41 Å². The first-order valence-corrected chi connectivity index (χ1v) is 27.0. The number of ether oxygens (including phenoxy) is 6. The first-order chi connectivity index (χ1) is 35.5. The Morgan fingerprint density at radius 2 is 1.33 bits per heavy atom. The molecule has 0 aromatic heterocycles. The maximum atomic E-state index is 12.3. The van der Waals surface area contributed by atoms with Gasteiger partial charge in [0.25, 0.3) is 0 Å². The zero-order valence-electron chi connectivity index (χ0n) is 45.3. The highest BCUT2D eigenvalue weighted by molar-refractivity contribution is 8.23. The Balaban J connectivity index is 0.000000358. The van der Waals surface area contributed by atoms with Crippen molar-refractivity contribution in [3.05, 3.63) is 108 Å². The highest BCUT2D eigenvalue weighted by Gasteiger charge is 2.47. The smallest absolute Gasteiger partial charge is 0.329 e. The van der Waals surface area contributed by atoms with Crippen molar-refractivity contribution in [2.75, 3.05) is 60.6 Å². The lowest BCUT2D eigenvalue weighted by Gasteiger charge is -2.42. The molecule has 5 rings (SSSR count).